The molecule has 2 heterocycles. The summed E-state index contributed by atoms with van der Waals surface area (Å²) >= 11 is 13.7. The van der Waals surface area contributed by atoms with E-state index < -0.39 is 0 Å². The van der Waals surface area contributed by atoms with Crippen LogP contribution in [0.3, 0.4) is 0 Å². The molecule has 0 fully saturated rings. The van der Waals surface area contributed by atoms with Crippen molar-refractivity contribution in [2.75, 3.05) is 6.54 Å². The Morgan fingerprint density at radius 3 is 2.68 bits per heavy atom. The van der Waals surface area contributed by atoms with E-state index in [1.807, 2.05) is 25.4 Å². The fourth-order valence-electron chi connectivity index (χ4n) is 1.98. The van der Waals surface area contributed by atoms with E-state index in [-0.39, 0.29) is 6.04 Å². The second-order valence-corrected chi connectivity index (χ2v) is 6.75. The van der Waals surface area contributed by atoms with Crippen molar-refractivity contribution < 1.29 is 0 Å². The first-order chi connectivity index (χ1) is 9.11. The number of thiophene rings is 1. The highest BCUT2D eigenvalue weighted by atomic mass is 35.5. The standard InChI is InChI=1S/C14H16Cl2N2S/c1-3-4-18-13(10-5-9(2)7-17-8-10)11-6-12(15)19-14(11)16/h5-8,13,18H,3-4H2,1-2H3. The molecular weight excluding hydrogens is 299 g/mol. The number of pyridine rings is 1. The Kier molecular flexibility index (Phi) is 5.22. The van der Waals surface area contributed by atoms with Gasteiger partial charge in [0.1, 0.15) is 0 Å². The van der Waals surface area contributed by atoms with Gasteiger partial charge in [-0.15, -0.1) is 11.3 Å². The molecule has 0 radical (unpaired) electrons. The van der Waals surface area contributed by atoms with Crippen molar-refractivity contribution in [3.63, 3.8) is 0 Å². The van der Waals surface area contributed by atoms with Gasteiger partial charge in [-0.25, -0.2) is 0 Å². The molecular formula is C14H16Cl2N2S. The van der Waals surface area contributed by atoms with Crippen LogP contribution in [0.2, 0.25) is 8.67 Å². The van der Waals surface area contributed by atoms with Crippen molar-refractivity contribution in [3.05, 3.63) is 49.9 Å². The van der Waals surface area contributed by atoms with Crippen LogP contribution in [0, 0.1) is 6.92 Å². The van der Waals surface area contributed by atoms with Gasteiger partial charge in [-0.05, 0) is 37.1 Å². The lowest BCUT2D eigenvalue weighted by molar-refractivity contribution is 0.598. The number of aryl methyl sites for hydroxylation is 1. The van der Waals surface area contributed by atoms with Crippen LogP contribution in [-0.4, -0.2) is 11.5 Å². The Bertz CT molecular complexity index is 554. The second kappa shape index (κ2) is 6.71. The molecule has 102 valence electrons. The first-order valence-electron chi connectivity index (χ1n) is 6.21. The van der Waals surface area contributed by atoms with Gasteiger partial charge in [0, 0.05) is 18.0 Å². The van der Waals surface area contributed by atoms with Crippen LogP contribution in [0.4, 0.5) is 0 Å². The van der Waals surface area contributed by atoms with Gasteiger partial charge in [-0.1, -0.05) is 36.2 Å². The molecule has 0 aliphatic heterocycles. The van der Waals surface area contributed by atoms with E-state index in [0.29, 0.717) is 4.34 Å². The van der Waals surface area contributed by atoms with E-state index in [1.54, 1.807) is 0 Å². The normalized spacial score (nSPS) is 12.6. The molecule has 0 saturated heterocycles. The summed E-state index contributed by atoms with van der Waals surface area (Å²) in [6.07, 6.45) is 4.79. The van der Waals surface area contributed by atoms with E-state index in [1.165, 1.54) is 11.3 Å². The first-order valence-corrected chi connectivity index (χ1v) is 7.78. The van der Waals surface area contributed by atoms with Gasteiger partial charge in [-0.3, -0.25) is 4.98 Å². The smallest absolute Gasteiger partial charge is 0.0995 e. The largest absolute Gasteiger partial charge is 0.306 e. The molecule has 0 aliphatic carbocycles. The molecule has 2 aromatic heterocycles. The summed E-state index contributed by atoms with van der Waals surface area (Å²) in [5.74, 6) is 0. The molecule has 0 saturated carbocycles. The molecule has 0 bridgehead atoms. The average Bonchev–Trinajstić information content (AvgIpc) is 2.69. The van der Waals surface area contributed by atoms with Gasteiger partial charge < -0.3 is 5.32 Å². The third-order valence-corrected chi connectivity index (χ3v) is 4.34. The summed E-state index contributed by atoms with van der Waals surface area (Å²) in [5, 5.41) is 3.51. The van der Waals surface area contributed by atoms with Crippen molar-refractivity contribution in [1.29, 1.82) is 0 Å². The number of hydrogen-bond acceptors (Lipinski definition) is 3. The van der Waals surface area contributed by atoms with Gasteiger partial charge in [0.05, 0.1) is 14.7 Å². The SMILES string of the molecule is CCCNC(c1cncc(C)c1)c1cc(Cl)sc1Cl. The second-order valence-electron chi connectivity index (χ2n) is 4.46. The number of rotatable bonds is 5. The summed E-state index contributed by atoms with van der Waals surface area (Å²) in [6.45, 7) is 5.10. The van der Waals surface area contributed by atoms with Crippen molar-refractivity contribution in [2.24, 2.45) is 0 Å². The summed E-state index contributed by atoms with van der Waals surface area (Å²) < 4.78 is 1.45. The van der Waals surface area contributed by atoms with Crippen LogP contribution in [0.1, 0.15) is 36.1 Å². The third-order valence-electron chi connectivity index (χ3n) is 2.82. The van der Waals surface area contributed by atoms with Crippen LogP contribution in [0.25, 0.3) is 0 Å². The highest BCUT2D eigenvalue weighted by Crippen LogP contribution is 2.37. The number of nitrogens with one attached hydrogen (secondary N) is 1. The zero-order valence-electron chi connectivity index (χ0n) is 10.9. The summed E-state index contributed by atoms with van der Waals surface area (Å²) in [5.41, 5.74) is 3.28. The van der Waals surface area contributed by atoms with Gasteiger partial charge in [0.2, 0.25) is 0 Å². The quantitative estimate of drug-likeness (QED) is 0.853. The number of aromatic nitrogens is 1. The van der Waals surface area contributed by atoms with Crippen molar-refractivity contribution in [3.8, 4) is 0 Å². The van der Waals surface area contributed by atoms with Crippen LogP contribution in [-0.2, 0) is 0 Å². The number of nitrogens with zero attached hydrogens (tertiary/aromatic N) is 1. The molecule has 19 heavy (non-hydrogen) atoms. The molecule has 1 unspecified atom stereocenters. The summed E-state index contributed by atoms with van der Waals surface area (Å²) in [4.78, 5) is 4.26. The highest BCUT2D eigenvalue weighted by molar-refractivity contribution is 7.20. The molecule has 5 heteroatoms. The minimum Gasteiger partial charge on any atom is -0.306 e. The van der Waals surface area contributed by atoms with Crippen LogP contribution < -0.4 is 5.32 Å². The average molecular weight is 315 g/mol. The predicted octanol–water partition coefficient (Wildman–Crippen LogP) is 4.85. The minimum atomic E-state index is 0.0450. The van der Waals surface area contributed by atoms with Crippen molar-refractivity contribution in [2.45, 2.75) is 26.3 Å². The van der Waals surface area contributed by atoms with Crippen molar-refractivity contribution in [1.82, 2.24) is 10.3 Å². The van der Waals surface area contributed by atoms with Gasteiger partial charge in [0.25, 0.3) is 0 Å². The molecule has 1 atom stereocenters. The van der Waals surface area contributed by atoms with E-state index in [4.69, 9.17) is 23.2 Å². The summed E-state index contributed by atoms with van der Waals surface area (Å²) in [6, 6.07) is 4.11. The molecule has 2 rings (SSSR count). The fraction of sp³-hybridized carbons (Fsp3) is 0.357. The Hall–Kier alpha value is -0.610. The van der Waals surface area contributed by atoms with E-state index in [0.717, 1.165) is 34.0 Å². The zero-order chi connectivity index (χ0) is 13.8. The predicted molar refractivity (Wildman–Crippen MR) is 83.4 cm³/mol. The van der Waals surface area contributed by atoms with Crippen LogP contribution in [0.15, 0.2) is 24.5 Å². The summed E-state index contributed by atoms with van der Waals surface area (Å²) in [7, 11) is 0. The van der Waals surface area contributed by atoms with Gasteiger partial charge in [-0.2, -0.15) is 0 Å². The fourth-order valence-corrected chi connectivity index (χ4v) is 3.51. The third kappa shape index (κ3) is 3.69. The molecule has 1 N–H and O–H groups in total. The maximum absolute atomic E-state index is 6.28. The maximum atomic E-state index is 6.28. The molecule has 0 spiro atoms. The van der Waals surface area contributed by atoms with Crippen LogP contribution >= 0.6 is 34.5 Å². The van der Waals surface area contributed by atoms with Crippen molar-refractivity contribution >= 4 is 34.5 Å². The lowest BCUT2D eigenvalue weighted by Crippen LogP contribution is -2.23. The Labute approximate surface area is 127 Å². The van der Waals surface area contributed by atoms with E-state index >= 15 is 0 Å². The monoisotopic (exact) mass is 314 g/mol. The molecule has 0 aromatic carbocycles. The molecule has 0 amide bonds. The minimum absolute atomic E-state index is 0.0450. The first kappa shape index (κ1) is 14.8. The number of hydrogen-bond donors (Lipinski definition) is 1. The topological polar surface area (TPSA) is 24.9 Å². The molecule has 2 aromatic rings. The molecule has 2 nitrogen and oxygen atoms in total. The maximum Gasteiger partial charge on any atom is 0.0995 e. The zero-order valence-corrected chi connectivity index (χ0v) is 13.2. The Balaban J connectivity index is 2.38. The van der Waals surface area contributed by atoms with Crippen LogP contribution in [0.5, 0.6) is 0 Å². The highest BCUT2D eigenvalue weighted by Gasteiger charge is 2.19. The Morgan fingerprint density at radius 2 is 2.11 bits per heavy atom. The van der Waals surface area contributed by atoms with Gasteiger partial charge >= 0.3 is 0 Å². The Morgan fingerprint density at radius 1 is 1.32 bits per heavy atom. The van der Waals surface area contributed by atoms with E-state index in [9.17, 15) is 0 Å². The molecule has 0 aliphatic rings. The lowest BCUT2D eigenvalue weighted by atomic mass is 10.0. The van der Waals surface area contributed by atoms with Gasteiger partial charge in [0.15, 0.2) is 0 Å². The lowest BCUT2D eigenvalue weighted by Gasteiger charge is -2.18. The number of halogens is 2. The van der Waals surface area contributed by atoms with E-state index in [2.05, 4.69) is 23.3 Å².